The van der Waals surface area contributed by atoms with E-state index in [1.165, 1.54) is 25.3 Å². The average Bonchev–Trinajstić information content (AvgIpc) is 2.47. The molecule has 0 unspecified atom stereocenters. The maximum atomic E-state index is 12.1. The molecule has 2 aromatic rings. The number of nitrogens with one attached hydrogen (secondary N) is 1. The average molecular weight is 385 g/mol. The number of methoxy groups -OCH3 is 1. The van der Waals surface area contributed by atoms with Crippen LogP contribution in [0.2, 0.25) is 0 Å². The van der Waals surface area contributed by atoms with Crippen LogP contribution in [-0.4, -0.2) is 21.4 Å². The molecule has 2 aromatic carbocycles. The number of hydrogen-bond donors (Lipinski definition) is 2. The van der Waals surface area contributed by atoms with Gasteiger partial charge in [0.05, 0.1) is 7.11 Å². The van der Waals surface area contributed by atoms with Crippen molar-refractivity contribution in [1.82, 2.24) is 0 Å². The zero-order valence-corrected chi connectivity index (χ0v) is 13.9. The molecule has 0 aliphatic rings. The summed E-state index contributed by atoms with van der Waals surface area (Å²) in [4.78, 5) is 11.9. The van der Waals surface area contributed by atoms with E-state index in [1.54, 1.807) is 24.3 Å². The SMILES string of the molecule is COc1ccc(NC(=O)c2ccc(Br)cc2)cc1S(N)(=O)=O. The van der Waals surface area contributed by atoms with E-state index in [4.69, 9.17) is 9.88 Å². The van der Waals surface area contributed by atoms with Crippen LogP contribution in [0, 0.1) is 0 Å². The molecule has 0 saturated carbocycles. The summed E-state index contributed by atoms with van der Waals surface area (Å²) >= 11 is 3.28. The van der Waals surface area contributed by atoms with Crippen LogP contribution in [0.1, 0.15) is 10.4 Å². The highest BCUT2D eigenvalue weighted by molar-refractivity contribution is 9.10. The van der Waals surface area contributed by atoms with Crippen LogP contribution in [0.4, 0.5) is 5.69 Å². The minimum Gasteiger partial charge on any atom is -0.495 e. The van der Waals surface area contributed by atoms with E-state index in [0.717, 1.165) is 4.47 Å². The second-order valence-corrected chi connectivity index (χ2v) is 6.82. The summed E-state index contributed by atoms with van der Waals surface area (Å²) < 4.78 is 28.9. The predicted molar refractivity (Wildman–Crippen MR) is 86.5 cm³/mol. The van der Waals surface area contributed by atoms with Gasteiger partial charge in [-0.3, -0.25) is 4.79 Å². The lowest BCUT2D eigenvalue weighted by Crippen LogP contribution is -2.15. The fraction of sp³-hybridized carbons (Fsp3) is 0.0714. The maximum absolute atomic E-state index is 12.1. The minimum atomic E-state index is -3.96. The number of sulfonamides is 1. The number of carbonyl (C=O) groups is 1. The monoisotopic (exact) mass is 384 g/mol. The van der Waals surface area contributed by atoms with Gasteiger partial charge in [-0.1, -0.05) is 15.9 Å². The largest absolute Gasteiger partial charge is 0.495 e. The number of primary sulfonamides is 1. The number of halogens is 1. The standard InChI is InChI=1S/C14H13BrN2O4S/c1-21-12-7-6-11(8-13(12)22(16,19)20)17-14(18)9-2-4-10(15)5-3-9/h2-8H,1H3,(H,17,18)(H2,16,19,20). The summed E-state index contributed by atoms with van der Waals surface area (Å²) in [5, 5.41) is 7.75. The van der Waals surface area contributed by atoms with Crippen LogP contribution in [0.15, 0.2) is 51.8 Å². The lowest BCUT2D eigenvalue weighted by Gasteiger charge is -2.10. The van der Waals surface area contributed by atoms with Crippen LogP contribution >= 0.6 is 15.9 Å². The topological polar surface area (TPSA) is 98.5 Å². The van der Waals surface area contributed by atoms with E-state index in [0.29, 0.717) is 11.3 Å². The number of anilines is 1. The van der Waals surface area contributed by atoms with Gasteiger partial charge in [0.1, 0.15) is 10.6 Å². The molecular formula is C14H13BrN2O4S. The number of ether oxygens (including phenoxy) is 1. The molecule has 116 valence electrons. The summed E-state index contributed by atoms with van der Waals surface area (Å²) in [7, 11) is -2.62. The van der Waals surface area contributed by atoms with Crippen LogP contribution in [0.25, 0.3) is 0 Å². The van der Waals surface area contributed by atoms with Gasteiger partial charge < -0.3 is 10.1 Å². The lowest BCUT2D eigenvalue weighted by molar-refractivity contribution is 0.102. The third kappa shape index (κ3) is 3.85. The lowest BCUT2D eigenvalue weighted by atomic mass is 10.2. The van der Waals surface area contributed by atoms with Crippen molar-refractivity contribution in [3.8, 4) is 5.75 Å². The van der Waals surface area contributed by atoms with Crippen LogP contribution in [0.5, 0.6) is 5.75 Å². The Hall–Kier alpha value is -1.90. The summed E-state index contributed by atoms with van der Waals surface area (Å²) in [5.74, 6) is -0.248. The molecule has 6 nitrogen and oxygen atoms in total. The molecule has 0 aliphatic carbocycles. The second-order valence-electron chi connectivity index (χ2n) is 4.37. The van der Waals surface area contributed by atoms with Crippen molar-refractivity contribution in [2.45, 2.75) is 4.90 Å². The molecule has 3 N–H and O–H groups in total. The Morgan fingerprint density at radius 1 is 1.18 bits per heavy atom. The number of carbonyl (C=O) groups excluding carboxylic acids is 1. The maximum Gasteiger partial charge on any atom is 0.255 e. The molecule has 0 spiro atoms. The zero-order valence-electron chi connectivity index (χ0n) is 11.5. The molecule has 0 bridgehead atoms. The van der Waals surface area contributed by atoms with Gasteiger partial charge >= 0.3 is 0 Å². The molecule has 8 heteroatoms. The molecule has 22 heavy (non-hydrogen) atoms. The summed E-state index contributed by atoms with van der Waals surface area (Å²) in [6, 6.07) is 11.0. The van der Waals surface area contributed by atoms with Crippen molar-refractivity contribution in [2.24, 2.45) is 5.14 Å². The van der Waals surface area contributed by atoms with Crippen molar-refractivity contribution >= 4 is 37.5 Å². The van der Waals surface area contributed by atoms with Crippen molar-refractivity contribution in [1.29, 1.82) is 0 Å². The molecule has 0 radical (unpaired) electrons. The van der Waals surface area contributed by atoms with E-state index >= 15 is 0 Å². The summed E-state index contributed by atoms with van der Waals surface area (Å²) in [5.41, 5.74) is 0.744. The number of nitrogens with two attached hydrogens (primary N) is 1. The van der Waals surface area contributed by atoms with Gasteiger partial charge in [-0.05, 0) is 42.5 Å². The zero-order chi connectivity index (χ0) is 16.3. The number of amides is 1. The van der Waals surface area contributed by atoms with Gasteiger partial charge in [0.2, 0.25) is 10.0 Å². The highest BCUT2D eigenvalue weighted by Gasteiger charge is 2.16. The number of rotatable bonds is 4. The quantitative estimate of drug-likeness (QED) is 0.844. The highest BCUT2D eigenvalue weighted by atomic mass is 79.9. The molecule has 0 fully saturated rings. The first kappa shape index (κ1) is 16.5. The van der Waals surface area contributed by atoms with Gasteiger partial charge in [0.25, 0.3) is 5.91 Å². The smallest absolute Gasteiger partial charge is 0.255 e. The van der Waals surface area contributed by atoms with E-state index in [-0.39, 0.29) is 16.6 Å². The van der Waals surface area contributed by atoms with Crippen LogP contribution < -0.4 is 15.2 Å². The van der Waals surface area contributed by atoms with Crippen LogP contribution in [-0.2, 0) is 10.0 Å². The summed E-state index contributed by atoms with van der Waals surface area (Å²) in [6.07, 6.45) is 0. The van der Waals surface area contributed by atoms with Gasteiger partial charge in [0.15, 0.2) is 0 Å². The summed E-state index contributed by atoms with van der Waals surface area (Å²) in [6.45, 7) is 0. The Balaban J connectivity index is 2.30. The van der Waals surface area contributed by atoms with E-state index < -0.39 is 10.0 Å². The van der Waals surface area contributed by atoms with Gasteiger partial charge in [-0.2, -0.15) is 0 Å². The third-order valence-electron chi connectivity index (χ3n) is 2.83. The number of benzene rings is 2. The Kier molecular flexibility index (Phi) is 4.84. The van der Waals surface area contributed by atoms with Gasteiger partial charge in [-0.25, -0.2) is 13.6 Å². The first-order valence-electron chi connectivity index (χ1n) is 6.09. The van der Waals surface area contributed by atoms with Crippen molar-refractivity contribution < 1.29 is 17.9 Å². The van der Waals surface area contributed by atoms with E-state index in [1.807, 2.05) is 0 Å². The first-order chi connectivity index (χ1) is 10.3. The molecule has 2 rings (SSSR count). The fourth-order valence-electron chi connectivity index (χ4n) is 1.78. The predicted octanol–water partition coefficient (Wildman–Crippen LogP) is 2.36. The fourth-order valence-corrected chi connectivity index (χ4v) is 2.77. The third-order valence-corrected chi connectivity index (χ3v) is 4.30. The minimum absolute atomic E-state index is 0.115. The van der Waals surface area contributed by atoms with E-state index in [9.17, 15) is 13.2 Å². The molecule has 0 aliphatic heterocycles. The normalized spacial score (nSPS) is 11.0. The molecule has 0 aromatic heterocycles. The van der Waals surface area contributed by atoms with Crippen molar-refractivity contribution in [2.75, 3.05) is 12.4 Å². The molecular weight excluding hydrogens is 372 g/mol. The first-order valence-corrected chi connectivity index (χ1v) is 8.43. The Morgan fingerprint density at radius 3 is 2.36 bits per heavy atom. The van der Waals surface area contributed by atoms with Gasteiger partial charge in [0, 0.05) is 15.7 Å². The van der Waals surface area contributed by atoms with Crippen molar-refractivity contribution in [3.05, 3.63) is 52.5 Å². The molecule has 0 atom stereocenters. The Labute approximate surface area is 136 Å². The molecule has 1 amide bonds. The van der Waals surface area contributed by atoms with Crippen LogP contribution in [0.3, 0.4) is 0 Å². The Bertz CT molecular complexity index is 804. The molecule has 0 heterocycles. The number of hydrogen-bond acceptors (Lipinski definition) is 4. The van der Waals surface area contributed by atoms with Crippen molar-refractivity contribution in [3.63, 3.8) is 0 Å². The molecule has 0 saturated heterocycles. The van der Waals surface area contributed by atoms with E-state index in [2.05, 4.69) is 21.2 Å². The Morgan fingerprint density at radius 2 is 1.82 bits per heavy atom. The van der Waals surface area contributed by atoms with Gasteiger partial charge in [-0.15, -0.1) is 0 Å². The highest BCUT2D eigenvalue weighted by Crippen LogP contribution is 2.26. The second kappa shape index (κ2) is 6.47.